The molecular weight excluding hydrogens is 167 g/mol. The molecule has 13 heavy (non-hydrogen) atoms. The van der Waals surface area contributed by atoms with E-state index in [0.717, 1.165) is 18.4 Å². The number of halogens is 1. The van der Waals surface area contributed by atoms with Crippen molar-refractivity contribution in [3.8, 4) is 0 Å². The standard InChI is InChI=1S/C11H15FO/c1-2-9(7-8-13)10-3-5-11(12)6-4-10/h3-6,9,13H,2,7-8H2,1H3. The molecule has 0 bridgehead atoms. The van der Waals surface area contributed by atoms with E-state index < -0.39 is 0 Å². The van der Waals surface area contributed by atoms with E-state index in [9.17, 15) is 4.39 Å². The van der Waals surface area contributed by atoms with E-state index in [-0.39, 0.29) is 12.4 Å². The highest BCUT2D eigenvalue weighted by atomic mass is 19.1. The molecule has 1 aromatic rings. The molecule has 1 N–H and O–H groups in total. The van der Waals surface area contributed by atoms with E-state index in [1.54, 1.807) is 12.1 Å². The number of hydrogen-bond donors (Lipinski definition) is 1. The van der Waals surface area contributed by atoms with Crippen LogP contribution in [0.3, 0.4) is 0 Å². The van der Waals surface area contributed by atoms with Crippen LogP contribution in [0.15, 0.2) is 24.3 Å². The molecule has 0 radical (unpaired) electrons. The lowest BCUT2D eigenvalue weighted by Crippen LogP contribution is -2.00. The Hall–Kier alpha value is -0.890. The summed E-state index contributed by atoms with van der Waals surface area (Å²) in [5, 5.41) is 8.81. The fourth-order valence-electron chi connectivity index (χ4n) is 1.50. The minimum absolute atomic E-state index is 0.190. The van der Waals surface area contributed by atoms with Gasteiger partial charge in [-0.15, -0.1) is 0 Å². The lowest BCUT2D eigenvalue weighted by atomic mass is 9.94. The molecule has 0 aliphatic carbocycles. The summed E-state index contributed by atoms with van der Waals surface area (Å²) in [7, 11) is 0. The second-order valence-corrected chi connectivity index (χ2v) is 3.17. The summed E-state index contributed by atoms with van der Waals surface area (Å²) in [5.74, 6) is 0.146. The van der Waals surface area contributed by atoms with E-state index in [1.807, 2.05) is 0 Å². The van der Waals surface area contributed by atoms with Gasteiger partial charge in [0.15, 0.2) is 0 Å². The maximum absolute atomic E-state index is 12.6. The first-order valence-corrected chi connectivity index (χ1v) is 4.64. The van der Waals surface area contributed by atoms with Gasteiger partial charge in [-0.1, -0.05) is 19.1 Å². The van der Waals surface area contributed by atoms with Crippen LogP contribution >= 0.6 is 0 Å². The van der Waals surface area contributed by atoms with Crippen LogP contribution in [0.4, 0.5) is 4.39 Å². The molecule has 1 nitrogen and oxygen atoms in total. The lowest BCUT2D eigenvalue weighted by molar-refractivity contribution is 0.274. The van der Waals surface area contributed by atoms with Crippen molar-refractivity contribution >= 4 is 0 Å². The molecule has 72 valence electrons. The summed E-state index contributed by atoms with van der Waals surface area (Å²) in [5.41, 5.74) is 1.11. The van der Waals surface area contributed by atoms with Crippen LogP contribution < -0.4 is 0 Å². The third-order valence-electron chi connectivity index (χ3n) is 2.31. The molecule has 0 aliphatic heterocycles. The Morgan fingerprint density at radius 3 is 2.38 bits per heavy atom. The molecule has 0 aromatic heterocycles. The molecular formula is C11H15FO. The largest absolute Gasteiger partial charge is 0.396 e. The van der Waals surface area contributed by atoms with Crippen LogP contribution in [-0.4, -0.2) is 11.7 Å². The number of benzene rings is 1. The van der Waals surface area contributed by atoms with Crippen LogP contribution in [0.2, 0.25) is 0 Å². The van der Waals surface area contributed by atoms with E-state index in [1.165, 1.54) is 12.1 Å². The van der Waals surface area contributed by atoms with Crippen molar-refractivity contribution in [3.05, 3.63) is 35.6 Å². The molecule has 0 aliphatic rings. The molecule has 1 rings (SSSR count). The normalized spacial score (nSPS) is 12.8. The van der Waals surface area contributed by atoms with Gasteiger partial charge in [-0.25, -0.2) is 4.39 Å². The van der Waals surface area contributed by atoms with Crippen LogP contribution in [0, 0.1) is 5.82 Å². The van der Waals surface area contributed by atoms with E-state index in [2.05, 4.69) is 6.92 Å². The van der Waals surface area contributed by atoms with Gasteiger partial charge in [0.25, 0.3) is 0 Å². The number of aliphatic hydroxyl groups excluding tert-OH is 1. The van der Waals surface area contributed by atoms with Gasteiger partial charge in [-0.3, -0.25) is 0 Å². The van der Waals surface area contributed by atoms with Crippen molar-refractivity contribution in [1.82, 2.24) is 0 Å². The first-order valence-electron chi connectivity index (χ1n) is 4.64. The van der Waals surface area contributed by atoms with Crippen LogP contribution in [0.25, 0.3) is 0 Å². The summed E-state index contributed by atoms with van der Waals surface area (Å²) in [4.78, 5) is 0. The zero-order valence-electron chi connectivity index (χ0n) is 7.83. The first kappa shape index (κ1) is 10.2. The van der Waals surface area contributed by atoms with Crippen molar-refractivity contribution in [2.45, 2.75) is 25.7 Å². The lowest BCUT2D eigenvalue weighted by Gasteiger charge is -2.13. The van der Waals surface area contributed by atoms with Gasteiger partial charge in [0.1, 0.15) is 5.82 Å². The van der Waals surface area contributed by atoms with E-state index in [4.69, 9.17) is 5.11 Å². The quantitative estimate of drug-likeness (QED) is 0.759. The first-order chi connectivity index (χ1) is 6.27. The van der Waals surface area contributed by atoms with Crippen molar-refractivity contribution in [1.29, 1.82) is 0 Å². The maximum Gasteiger partial charge on any atom is 0.123 e. The Balaban J connectivity index is 2.73. The summed E-state index contributed by atoms with van der Waals surface area (Å²) in [6.45, 7) is 2.26. The maximum atomic E-state index is 12.6. The van der Waals surface area contributed by atoms with E-state index >= 15 is 0 Å². The highest BCUT2D eigenvalue weighted by Gasteiger charge is 2.07. The highest BCUT2D eigenvalue weighted by molar-refractivity contribution is 5.20. The molecule has 1 atom stereocenters. The summed E-state index contributed by atoms with van der Waals surface area (Å²) in [6, 6.07) is 6.52. The van der Waals surface area contributed by atoms with Crippen molar-refractivity contribution in [2.24, 2.45) is 0 Å². The molecule has 0 saturated heterocycles. The zero-order chi connectivity index (χ0) is 9.68. The van der Waals surface area contributed by atoms with E-state index in [0.29, 0.717) is 5.92 Å². The Morgan fingerprint density at radius 1 is 1.31 bits per heavy atom. The summed E-state index contributed by atoms with van der Waals surface area (Å²) < 4.78 is 12.6. The number of hydrogen-bond acceptors (Lipinski definition) is 1. The Morgan fingerprint density at radius 2 is 1.92 bits per heavy atom. The van der Waals surface area contributed by atoms with Crippen molar-refractivity contribution in [3.63, 3.8) is 0 Å². The predicted octanol–water partition coefficient (Wildman–Crippen LogP) is 2.70. The fraction of sp³-hybridized carbons (Fsp3) is 0.455. The molecule has 1 aromatic carbocycles. The van der Waals surface area contributed by atoms with Crippen LogP contribution in [-0.2, 0) is 0 Å². The average molecular weight is 182 g/mol. The third-order valence-corrected chi connectivity index (χ3v) is 2.31. The number of aliphatic hydroxyl groups is 1. The van der Waals surface area contributed by atoms with Crippen LogP contribution in [0.5, 0.6) is 0 Å². The summed E-state index contributed by atoms with van der Waals surface area (Å²) >= 11 is 0. The van der Waals surface area contributed by atoms with Gasteiger partial charge in [0.2, 0.25) is 0 Å². The third kappa shape index (κ3) is 2.81. The minimum Gasteiger partial charge on any atom is -0.396 e. The molecule has 0 saturated carbocycles. The molecule has 1 unspecified atom stereocenters. The fourth-order valence-corrected chi connectivity index (χ4v) is 1.50. The smallest absolute Gasteiger partial charge is 0.123 e. The SMILES string of the molecule is CCC(CCO)c1ccc(F)cc1. The average Bonchev–Trinajstić information content (AvgIpc) is 2.16. The van der Waals surface area contributed by atoms with Gasteiger partial charge in [-0.2, -0.15) is 0 Å². The molecule has 0 heterocycles. The Labute approximate surface area is 78.2 Å². The number of rotatable bonds is 4. The van der Waals surface area contributed by atoms with Gasteiger partial charge in [0.05, 0.1) is 0 Å². The molecule has 0 spiro atoms. The second kappa shape index (κ2) is 4.97. The Bertz CT molecular complexity index is 243. The molecule has 0 amide bonds. The molecule has 0 fully saturated rings. The monoisotopic (exact) mass is 182 g/mol. The predicted molar refractivity (Wildman–Crippen MR) is 51.1 cm³/mol. The van der Waals surface area contributed by atoms with Gasteiger partial charge < -0.3 is 5.11 Å². The Kier molecular flexibility index (Phi) is 3.90. The van der Waals surface area contributed by atoms with Gasteiger partial charge in [0, 0.05) is 6.61 Å². The van der Waals surface area contributed by atoms with Crippen molar-refractivity contribution < 1.29 is 9.50 Å². The summed E-state index contributed by atoms with van der Waals surface area (Å²) in [6.07, 6.45) is 1.73. The van der Waals surface area contributed by atoms with Crippen molar-refractivity contribution in [2.75, 3.05) is 6.61 Å². The topological polar surface area (TPSA) is 20.2 Å². The van der Waals surface area contributed by atoms with Crippen LogP contribution in [0.1, 0.15) is 31.2 Å². The highest BCUT2D eigenvalue weighted by Crippen LogP contribution is 2.22. The van der Waals surface area contributed by atoms with Gasteiger partial charge in [-0.05, 0) is 36.5 Å². The van der Waals surface area contributed by atoms with Gasteiger partial charge >= 0.3 is 0 Å². The minimum atomic E-state index is -0.206. The zero-order valence-corrected chi connectivity index (χ0v) is 7.83. The molecule has 2 heteroatoms. The second-order valence-electron chi connectivity index (χ2n) is 3.17.